The largest absolute Gasteiger partial charge is 0.310 e. The maximum absolute atomic E-state index is 4.40. The zero-order valence-corrected chi connectivity index (χ0v) is 14.7. The molecule has 0 saturated heterocycles. The minimum atomic E-state index is 0.259. The molecule has 0 amide bonds. The average Bonchev–Trinajstić information content (AvgIpc) is 2.91. The molecule has 0 spiro atoms. The van der Waals surface area contributed by atoms with Crippen molar-refractivity contribution in [2.45, 2.75) is 46.7 Å². The fraction of sp³-hybridized carbons (Fsp3) is 0.500. The minimum Gasteiger partial charge on any atom is -0.310 e. The van der Waals surface area contributed by atoms with Crippen molar-refractivity contribution in [3.8, 4) is 0 Å². The molecule has 0 aliphatic carbocycles. The summed E-state index contributed by atoms with van der Waals surface area (Å²) in [7, 11) is 0. The highest BCUT2D eigenvalue weighted by Gasteiger charge is 2.16. The smallest absolute Gasteiger partial charge is 0.138 e. The maximum atomic E-state index is 4.40. The van der Waals surface area contributed by atoms with Gasteiger partial charge in [-0.2, -0.15) is 5.10 Å². The van der Waals surface area contributed by atoms with Crippen molar-refractivity contribution in [1.82, 2.24) is 20.1 Å². The lowest BCUT2D eigenvalue weighted by Crippen LogP contribution is -2.24. The third-order valence-electron chi connectivity index (χ3n) is 3.69. The second-order valence-electron chi connectivity index (χ2n) is 5.28. The number of nitrogens with one attached hydrogen (secondary N) is 1. The SMILES string of the molecule is CCNC(Cc1ncnn1CC)c1cc(C)c(Br)c(C)c1. The second kappa shape index (κ2) is 7.18. The normalized spacial score (nSPS) is 12.6. The van der Waals surface area contributed by atoms with E-state index in [4.69, 9.17) is 0 Å². The van der Waals surface area contributed by atoms with Gasteiger partial charge in [-0.25, -0.2) is 4.98 Å². The van der Waals surface area contributed by atoms with Gasteiger partial charge in [0, 0.05) is 23.5 Å². The summed E-state index contributed by atoms with van der Waals surface area (Å²) in [6.45, 7) is 10.3. The molecule has 2 rings (SSSR count). The zero-order valence-electron chi connectivity index (χ0n) is 13.2. The van der Waals surface area contributed by atoms with E-state index in [2.05, 4.69) is 71.2 Å². The summed E-state index contributed by atoms with van der Waals surface area (Å²) in [5.74, 6) is 1.03. The van der Waals surface area contributed by atoms with Gasteiger partial charge in [0.2, 0.25) is 0 Å². The first kappa shape index (κ1) is 16.2. The lowest BCUT2D eigenvalue weighted by molar-refractivity contribution is 0.509. The van der Waals surface area contributed by atoms with Gasteiger partial charge in [-0.15, -0.1) is 0 Å². The van der Waals surface area contributed by atoms with Gasteiger partial charge in [0.05, 0.1) is 0 Å². The molecule has 0 aliphatic heterocycles. The van der Waals surface area contributed by atoms with E-state index in [1.165, 1.54) is 21.2 Å². The monoisotopic (exact) mass is 350 g/mol. The lowest BCUT2D eigenvalue weighted by Gasteiger charge is -2.20. The highest BCUT2D eigenvalue weighted by molar-refractivity contribution is 9.10. The Balaban J connectivity index is 2.31. The lowest BCUT2D eigenvalue weighted by atomic mass is 9.98. The molecule has 2 aromatic rings. The predicted octanol–water partition coefficient (Wildman–Crippen LogP) is 3.57. The molecule has 5 heteroatoms. The Morgan fingerprint density at radius 2 is 1.90 bits per heavy atom. The molecule has 0 fully saturated rings. The van der Waals surface area contributed by atoms with E-state index in [1.54, 1.807) is 6.33 Å². The molecule has 0 aliphatic rings. The summed E-state index contributed by atoms with van der Waals surface area (Å²) < 4.78 is 3.15. The Morgan fingerprint density at radius 1 is 1.24 bits per heavy atom. The molecular formula is C16H23BrN4. The van der Waals surface area contributed by atoms with Crippen LogP contribution < -0.4 is 5.32 Å². The van der Waals surface area contributed by atoms with Crippen molar-refractivity contribution < 1.29 is 0 Å². The van der Waals surface area contributed by atoms with Gasteiger partial charge in [-0.05, 0) is 44.0 Å². The van der Waals surface area contributed by atoms with E-state index in [-0.39, 0.29) is 6.04 Å². The Labute approximate surface area is 135 Å². The first-order chi connectivity index (χ1) is 10.1. The second-order valence-corrected chi connectivity index (χ2v) is 6.07. The summed E-state index contributed by atoms with van der Waals surface area (Å²) in [6, 6.07) is 4.75. The summed E-state index contributed by atoms with van der Waals surface area (Å²) in [5.41, 5.74) is 3.84. The van der Waals surface area contributed by atoms with Crippen LogP contribution in [0.15, 0.2) is 22.9 Å². The van der Waals surface area contributed by atoms with E-state index < -0.39 is 0 Å². The summed E-state index contributed by atoms with van der Waals surface area (Å²) in [4.78, 5) is 4.40. The molecule has 4 nitrogen and oxygen atoms in total. The van der Waals surface area contributed by atoms with E-state index in [9.17, 15) is 0 Å². The molecule has 1 heterocycles. The molecule has 1 aromatic carbocycles. The van der Waals surface area contributed by atoms with Gasteiger partial charge in [0.1, 0.15) is 12.2 Å². The van der Waals surface area contributed by atoms with Gasteiger partial charge in [-0.3, -0.25) is 4.68 Å². The van der Waals surface area contributed by atoms with Crippen LogP contribution in [-0.4, -0.2) is 21.3 Å². The predicted molar refractivity (Wildman–Crippen MR) is 89.4 cm³/mol. The topological polar surface area (TPSA) is 42.7 Å². The van der Waals surface area contributed by atoms with Crippen LogP contribution in [0.2, 0.25) is 0 Å². The van der Waals surface area contributed by atoms with Gasteiger partial charge < -0.3 is 5.32 Å². The van der Waals surface area contributed by atoms with Gasteiger partial charge in [0.25, 0.3) is 0 Å². The maximum Gasteiger partial charge on any atom is 0.138 e. The molecule has 0 radical (unpaired) electrons. The van der Waals surface area contributed by atoms with Crippen LogP contribution in [-0.2, 0) is 13.0 Å². The quantitative estimate of drug-likeness (QED) is 0.865. The number of aryl methyl sites for hydroxylation is 3. The minimum absolute atomic E-state index is 0.259. The first-order valence-electron chi connectivity index (χ1n) is 7.43. The van der Waals surface area contributed by atoms with Gasteiger partial charge in [-0.1, -0.05) is 35.0 Å². The number of halogens is 1. The van der Waals surface area contributed by atoms with Crippen LogP contribution in [0, 0.1) is 13.8 Å². The molecule has 0 saturated carbocycles. The van der Waals surface area contributed by atoms with Gasteiger partial charge >= 0.3 is 0 Å². The number of likely N-dealkylation sites (N-methyl/N-ethyl adjacent to an activating group) is 1. The molecule has 1 aromatic heterocycles. The van der Waals surface area contributed by atoms with Crippen molar-refractivity contribution in [1.29, 1.82) is 0 Å². The van der Waals surface area contributed by atoms with Crippen LogP contribution in [0.1, 0.15) is 42.4 Å². The first-order valence-corrected chi connectivity index (χ1v) is 8.22. The van der Waals surface area contributed by atoms with E-state index in [0.29, 0.717) is 0 Å². The van der Waals surface area contributed by atoms with Crippen molar-refractivity contribution in [3.05, 3.63) is 45.4 Å². The third-order valence-corrected chi connectivity index (χ3v) is 4.94. The van der Waals surface area contributed by atoms with E-state index in [0.717, 1.165) is 25.3 Å². The van der Waals surface area contributed by atoms with Crippen molar-refractivity contribution in [2.24, 2.45) is 0 Å². The van der Waals surface area contributed by atoms with Crippen LogP contribution >= 0.6 is 15.9 Å². The Hall–Kier alpha value is -1.20. The third kappa shape index (κ3) is 3.71. The van der Waals surface area contributed by atoms with E-state index in [1.807, 2.05) is 4.68 Å². The number of benzene rings is 1. The molecule has 0 bridgehead atoms. The fourth-order valence-electron chi connectivity index (χ4n) is 2.63. The van der Waals surface area contributed by atoms with Crippen molar-refractivity contribution >= 4 is 15.9 Å². The number of hydrogen-bond donors (Lipinski definition) is 1. The molecule has 1 unspecified atom stereocenters. The summed E-state index contributed by atoms with van der Waals surface area (Å²) in [5, 5.41) is 7.83. The van der Waals surface area contributed by atoms with Crippen molar-refractivity contribution in [3.63, 3.8) is 0 Å². The number of aromatic nitrogens is 3. The Morgan fingerprint density at radius 3 is 2.48 bits per heavy atom. The van der Waals surface area contributed by atoms with Gasteiger partial charge in [0.15, 0.2) is 0 Å². The highest BCUT2D eigenvalue weighted by Crippen LogP contribution is 2.27. The number of rotatable bonds is 6. The van der Waals surface area contributed by atoms with E-state index >= 15 is 0 Å². The van der Waals surface area contributed by atoms with Crippen LogP contribution in [0.5, 0.6) is 0 Å². The zero-order chi connectivity index (χ0) is 15.4. The molecule has 21 heavy (non-hydrogen) atoms. The summed E-state index contributed by atoms with van der Waals surface area (Å²) in [6.07, 6.45) is 2.49. The fourth-order valence-corrected chi connectivity index (χ4v) is 2.86. The standard InChI is InChI=1S/C16H23BrN4/c1-5-18-14(9-15-19-10-20-21(15)6-2)13-7-11(3)16(17)12(4)8-13/h7-8,10,14,18H,5-6,9H2,1-4H3. The summed E-state index contributed by atoms with van der Waals surface area (Å²) >= 11 is 3.64. The van der Waals surface area contributed by atoms with Crippen molar-refractivity contribution in [2.75, 3.05) is 6.54 Å². The molecule has 114 valence electrons. The molecular weight excluding hydrogens is 328 g/mol. The van der Waals surface area contributed by atoms with Crippen LogP contribution in [0.4, 0.5) is 0 Å². The Bertz CT molecular complexity index is 583. The number of hydrogen-bond acceptors (Lipinski definition) is 3. The average molecular weight is 351 g/mol. The number of nitrogens with zero attached hydrogens (tertiary/aromatic N) is 3. The van der Waals surface area contributed by atoms with Crippen LogP contribution in [0.3, 0.4) is 0 Å². The highest BCUT2D eigenvalue weighted by atomic mass is 79.9. The molecule has 1 N–H and O–H groups in total. The molecule has 1 atom stereocenters. The van der Waals surface area contributed by atoms with Crippen LogP contribution in [0.25, 0.3) is 0 Å². The Kier molecular flexibility index (Phi) is 5.53.